The molecule has 0 radical (unpaired) electrons. The van der Waals surface area contributed by atoms with Crippen molar-refractivity contribution in [2.24, 2.45) is 0 Å². The Balaban J connectivity index is 3.76. The number of unbranched alkanes of at least 4 members (excludes halogenated alkanes) is 3. The lowest BCUT2D eigenvalue weighted by Crippen LogP contribution is -2.36. The lowest BCUT2D eigenvalue weighted by atomic mass is 10.1. The highest BCUT2D eigenvalue weighted by atomic mass is 19.1. The quantitative estimate of drug-likeness (QED) is 0.560. The number of hydrogen-bond donors (Lipinski definition) is 1. The number of aliphatic carboxylic acids is 1. The number of halogens is 1. The zero-order chi connectivity index (χ0) is 15.4. The summed E-state index contributed by atoms with van der Waals surface area (Å²) in [5.41, 5.74) is 0. The summed E-state index contributed by atoms with van der Waals surface area (Å²) in [6.07, 6.45) is 5.06. The van der Waals surface area contributed by atoms with E-state index < -0.39 is 12.1 Å². The maximum absolute atomic E-state index is 13.0. The van der Waals surface area contributed by atoms with E-state index in [4.69, 9.17) is 5.11 Å². The molecule has 0 aliphatic carbocycles. The van der Waals surface area contributed by atoms with Crippen molar-refractivity contribution in [1.82, 2.24) is 4.90 Å². The van der Waals surface area contributed by atoms with E-state index in [2.05, 4.69) is 0 Å². The average Bonchev–Trinajstić information content (AvgIpc) is 2.41. The molecule has 0 fully saturated rings. The van der Waals surface area contributed by atoms with Crippen LogP contribution >= 0.6 is 0 Å². The molecule has 5 heteroatoms. The molecule has 1 atom stereocenters. The van der Waals surface area contributed by atoms with Crippen LogP contribution in [0.5, 0.6) is 0 Å². The molecule has 118 valence electrons. The van der Waals surface area contributed by atoms with Gasteiger partial charge in [0.1, 0.15) is 6.54 Å². The molecule has 0 bridgehead atoms. The largest absolute Gasteiger partial charge is 0.480 e. The molecular formula is C15H28FNO3. The molecule has 0 saturated carbocycles. The van der Waals surface area contributed by atoms with E-state index >= 15 is 0 Å². The number of alkyl halides is 1. The third-order valence-corrected chi connectivity index (χ3v) is 3.27. The molecule has 0 aliphatic rings. The van der Waals surface area contributed by atoms with Crippen LogP contribution in [-0.4, -0.2) is 41.1 Å². The summed E-state index contributed by atoms with van der Waals surface area (Å²) >= 11 is 0. The van der Waals surface area contributed by atoms with Gasteiger partial charge in [0.15, 0.2) is 0 Å². The Hall–Kier alpha value is -1.13. The predicted octanol–water partition coefficient (Wildman–Crippen LogP) is 3.40. The van der Waals surface area contributed by atoms with Gasteiger partial charge in [-0.15, -0.1) is 0 Å². The topological polar surface area (TPSA) is 57.6 Å². The molecule has 0 spiro atoms. The maximum Gasteiger partial charge on any atom is 0.323 e. The summed E-state index contributed by atoms with van der Waals surface area (Å²) in [7, 11) is 0. The van der Waals surface area contributed by atoms with Gasteiger partial charge in [-0.1, -0.05) is 33.1 Å². The Morgan fingerprint density at radius 3 is 2.35 bits per heavy atom. The number of carbonyl (C=O) groups excluding carboxylic acids is 1. The third-order valence-electron chi connectivity index (χ3n) is 3.27. The van der Waals surface area contributed by atoms with Gasteiger partial charge in [0.25, 0.3) is 0 Å². The van der Waals surface area contributed by atoms with Gasteiger partial charge < -0.3 is 10.0 Å². The van der Waals surface area contributed by atoms with Crippen molar-refractivity contribution in [2.45, 2.75) is 71.4 Å². The second-order valence-electron chi connectivity index (χ2n) is 5.17. The molecule has 1 unspecified atom stereocenters. The Labute approximate surface area is 121 Å². The summed E-state index contributed by atoms with van der Waals surface area (Å²) in [5, 5.41) is 8.75. The van der Waals surface area contributed by atoms with E-state index in [0.717, 1.165) is 32.1 Å². The van der Waals surface area contributed by atoms with E-state index in [9.17, 15) is 14.0 Å². The van der Waals surface area contributed by atoms with Crippen molar-refractivity contribution in [3.05, 3.63) is 0 Å². The SMILES string of the molecule is CCCN(CC(=O)O)C(=O)CCCCCCC(F)CC. The van der Waals surface area contributed by atoms with Gasteiger partial charge in [0.05, 0.1) is 6.17 Å². The van der Waals surface area contributed by atoms with Gasteiger partial charge in [0.2, 0.25) is 5.91 Å². The molecule has 20 heavy (non-hydrogen) atoms. The van der Waals surface area contributed by atoms with Crippen molar-refractivity contribution in [1.29, 1.82) is 0 Å². The Kier molecular flexibility index (Phi) is 11.0. The zero-order valence-electron chi connectivity index (χ0n) is 12.7. The van der Waals surface area contributed by atoms with E-state index in [0.29, 0.717) is 25.8 Å². The van der Waals surface area contributed by atoms with Gasteiger partial charge >= 0.3 is 5.97 Å². The number of amides is 1. The highest BCUT2D eigenvalue weighted by Gasteiger charge is 2.15. The Morgan fingerprint density at radius 2 is 1.80 bits per heavy atom. The van der Waals surface area contributed by atoms with E-state index in [1.54, 1.807) is 0 Å². The number of rotatable bonds is 12. The number of nitrogens with zero attached hydrogens (tertiary/aromatic N) is 1. The Bertz CT molecular complexity index is 284. The monoisotopic (exact) mass is 289 g/mol. The van der Waals surface area contributed by atoms with Crippen molar-refractivity contribution in [3.63, 3.8) is 0 Å². The third kappa shape index (κ3) is 9.75. The first-order valence-electron chi connectivity index (χ1n) is 7.64. The van der Waals surface area contributed by atoms with Crippen LogP contribution in [0.25, 0.3) is 0 Å². The van der Waals surface area contributed by atoms with Gasteiger partial charge in [0, 0.05) is 13.0 Å². The molecule has 0 aromatic rings. The minimum Gasteiger partial charge on any atom is -0.480 e. The van der Waals surface area contributed by atoms with Crippen LogP contribution in [0.1, 0.15) is 65.2 Å². The van der Waals surface area contributed by atoms with Crippen LogP contribution in [-0.2, 0) is 9.59 Å². The number of carbonyl (C=O) groups is 2. The Morgan fingerprint density at radius 1 is 1.15 bits per heavy atom. The van der Waals surface area contributed by atoms with Crippen LogP contribution in [0.4, 0.5) is 4.39 Å². The zero-order valence-corrected chi connectivity index (χ0v) is 12.7. The van der Waals surface area contributed by atoms with Gasteiger partial charge in [-0.3, -0.25) is 9.59 Å². The van der Waals surface area contributed by atoms with Crippen molar-refractivity contribution in [2.75, 3.05) is 13.1 Å². The summed E-state index contributed by atoms with van der Waals surface area (Å²) in [6.45, 7) is 4.04. The molecule has 0 rings (SSSR count). The second kappa shape index (κ2) is 11.7. The van der Waals surface area contributed by atoms with E-state index in [-0.39, 0.29) is 12.5 Å². The van der Waals surface area contributed by atoms with Crippen LogP contribution in [0.15, 0.2) is 0 Å². The van der Waals surface area contributed by atoms with E-state index in [1.165, 1.54) is 4.90 Å². The fourth-order valence-electron chi connectivity index (χ4n) is 2.08. The molecular weight excluding hydrogens is 261 g/mol. The summed E-state index contributed by atoms with van der Waals surface area (Å²) in [4.78, 5) is 23.9. The number of carboxylic acids is 1. The van der Waals surface area contributed by atoms with Gasteiger partial charge in [-0.2, -0.15) is 0 Å². The van der Waals surface area contributed by atoms with Crippen LogP contribution in [0.2, 0.25) is 0 Å². The van der Waals surface area contributed by atoms with Crippen molar-refractivity contribution >= 4 is 11.9 Å². The van der Waals surface area contributed by atoms with Crippen LogP contribution in [0, 0.1) is 0 Å². The summed E-state index contributed by atoms with van der Waals surface area (Å²) in [5.74, 6) is -1.06. The minimum atomic E-state index is -0.972. The minimum absolute atomic E-state index is 0.0915. The number of hydrogen-bond acceptors (Lipinski definition) is 2. The first-order chi connectivity index (χ1) is 9.51. The average molecular weight is 289 g/mol. The fourth-order valence-corrected chi connectivity index (χ4v) is 2.08. The molecule has 1 N–H and O–H groups in total. The van der Waals surface area contributed by atoms with Crippen molar-refractivity contribution in [3.8, 4) is 0 Å². The molecule has 0 aromatic carbocycles. The molecule has 0 aliphatic heterocycles. The van der Waals surface area contributed by atoms with E-state index in [1.807, 2.05) is 13.8 Å². The summed E-state index contributed by atoms with van der Waals surface area (Å²) in [6, 6.07) is 0. The van der Waals surface area contributed by atoms with Crippen LogP contribution < -0.4 is 0 Å². The first kappa shape index (κ1) is 18.9. The number of carboxylic acid groups (broad SMARTS) is 1. The van der Waals surface area contributed by atoms with Gasteiger partial charge in [-0.05, 0) is 25.7 Å². The summed E-state index contributed by atoms with van der Waals surface area (Å²) < 4.78 is 13.0. The molecule has 1 amide bonds. The maximum atomic E-state index is 13.0. The van der Waals surface area contributed by atoms with Crippen molar-refractivity contribution < 1.29 is 19.1 Å². The predicted molar refractivity (Wildman–Crippen MR) is 77.4 cm³/mol. The highest BCUT2D eigenvalue weighted by Crippen LogP contribution is 2.12. The lowest BCUT2D eigenvalue weighted by molar-refractivity contribution is -0.144. The fraction of sp³-hybridized carbons (Fsp3) is 0.867. The standard InChI is InChI=1S/C15H28FNO3/c1-3-11-17(12-15(19)20)14(18)10-8-6-5-7-9-13(16)4-2/h13H,3-12H2,1-2H3,(H,19,20). The smallest absolute Gasteiger partial charge is 0.323 e. The molecule has 4 nitrogen and oxygen atoms in total. The van der Waals surface area contributed by atoms with Gasteiger partial charge in [-0.25, -0.2) is 4.39 Å². The molecule has 0 heterocycles. The lowest BCUT2D eigenvalue weighted by Gasteiger charge is -2.19. The van der Waals surface area contributed by atoms with Crippen LogP contribution in [0.3, 0.4) is 0 Å². The first-order valence-corrected chi connectivity index (χ1v) is 7.64. The second-order valence-corrected chi connectivity index (χ2v) is 5.17. The highest BCUT2D eigenvalue weighted by molar-refractivity contribution is 5.81. The molecule has 0 aromatic heterocycles. The molecule has 0 saturated heterocycles. The normalized spacial score (nSPS) is 12.2.